The van der Waals surface area contributed by atoms with Crippen molar-refractivity contribution in [3.05, 3.63) is 30.1 Å². The number of carboxylic acid groups (broad SMARTS) is 2. The third-order valence-corrected chi connectivity index (χ3v) is 5.20. The quantitative estimate of drug-likeness (QED) is 0.793. The van der Waals surface area contributed by atoms with Crippen LogP contribution in [0.2, 0.25) is 0 Å². The third-order valence-electron chi connectivity index (χ3n) is 5.20. The predicted molar refractivity (Wildman–Crippen MR) is 97.8 cm³/mol. The summed E-state index contributed by atoms with van der Waals surface area (Å²) in [4.78, 5) is 27.9. The Labute approximate surface area is 154 Å². The maximum atomic E-state index is 9.10. The fraction of sp³-hybridized carbons (Fsp3) is 0.632. The number of hydrogen-bond donors (Lipinski definition) is 2. The van der Waals surface area contributed by atoms with Gasteiger partial charge in [-0.15, -0.1) is 0 Å². The highest BCUT2D eigenvalue weighted by Crippen LogP contribution is 2.27. The molecule has 2 fully saturated rings. The molecule has 0 amide bonds. The van der Waals surface area contributed by atoms with Crippen LogP contribution in [0.15, 0.2) is 24.4 Å². The molecule has 7 heteroatoms. The van der Waals surface area contributed by atoms with E-state index in [0.717, 1.165) is 18.5 Å². The Morgan fingerprint density at radius 2 is 1.65 bits per heavy atom. The molecule has 2 heterocycles. The number of hydrogen-bond acceptors (Lipinski definition) is 5. The molecule has 1 aliphatic heterocycles. The van der Waals surface area contributed by atoms with E-state index in [2.05, 4.69) is 33.8 Å². The average molecular weight is 363 g/mol. The lowest BCUT2D eigenvalue weighted by Gasteiger charge is -2.41. The van der Waals surface area contributed by atoms with Gasteiger partial charge in [-0.1, -0.05) is 13.0 Å². The number of aliphatic carboxylic acids is 2. The predicted octanol–water partition coefficient (Wildman–Crippen LogP) is 1.93. The Balaban J connectivity index is 0.000000352. The maximum Gasteiger partial charge on any atom is 0.414 e. The maximum absolute atomic E-state index is 9.10. The lowest BCUT2D eigenvalue weighted by molar-refractivity contribution is -0.159. The zero-order valence-electron chi connectivity index (χ0n) is 15.4. The van der Waals surface area contributed by atoms with Gasteiger partial charge in [0.15, 0.2) is 0 Å². The minimum atomic E-state index is -1.82. The molecule has 144 valence electrons. The molecule has 2 aliphatic rings. The van der Waals surface area contributed by atoms with E-state index in [9.17, 15) is 0 Å². The number of aromatic nitrogens is 1. The van der Waals surface area contributed by atoms with Crippen LogP contribution in [0.1, 0.15) is 38.3 Å². The van der Waals surface area contributed by atoms with Crippen LogP contribution in [-0.2, 0) is 16.1 Å². The standard InChI is InChI=1S/C17H27N3.C2H2O4/c1-15-5-7-17(8-6-15)20-12-10-19(11-13-20)14-16-4-2-3-9-18-16;3-1(4)2(5)6/h2-4,9,15,17H,5-8,10-14H2,1H3;(H,3,4)(H,5,6). The van der Waals surface area contributed by atoms with E-state index in [1.165, 1.54) is 57.6 Å². The van der Waals surface area contributed by atoms with Crippen LogP contribution in [0.3, 0.4) is 0 Å². The molecular weight excluding hydrogens is 334 g/mol. The van der Waals surface area contributed by atoms with Crippen molar-refractivity contribution >= 4 is 11.9 Å². The summed E-state index contributed by atoms with van der Waals surface area (Å²) >= 11 is 0. The van der Waals surface area contributed by atoms with Crippen molar-refractivity contribution in [3.63, 3.8) is 0 Å². The second kappa shape index (κ2) is 10.2. The van der Waals surface area contributed by atoms with Crippen molar-refractivity contribution in [2.75, 3.05) is 26.2 Å². The molecule has 0 spiro atoms. The Morgan fingerprint density at radius 1 is 1.04 bits per heavy atom. The highest BCUT2D eigenvalue weighted by molar-refractivity contribution is 6.27. The molecule has 0 radical (unpaired) electrons. The number of carbonyl (C=O) groups is 2. The molecular formula is C19H29N3O4. The van der Waals surface area contributed by atoms with Crippen molar-refractivity contribution in [1.82, 2.24) is 14.8 Å². The number of piperazine rings is 1. The van der Waals surface area contributed by atoms with E-state index >= 15 is 0 Å². The third kappa shape index (κ3) is 6.72. The Morgan fingerprint density at radius 3 is 2.15 bits per heavy atom. The van der Waals surface area contributed by atoms with E-state index in [1.807, 2.05) is 12.3 Å². The first-order valence-corrected chi connectivity index (χ1v) is 9.28. The largest absolute Gasteiger partial charge is 0.473 e. The van der Waals surface area contributed by atoms with Crippen LogP contribution in [0.5, 0.6) is 0 Å². The zero-order valence-corrected chi connectivity index (χ0v) is 15.4. The molecule has 1 aliphatic carbocycles. The SMILES string of the molecule is CC1CCC(N2CCN(Cc3ccccn3)CC2)CC1.O=C(O)C(=O)O. The summed E-state index contributed by atoms with van der Waals surface area (Å²) < 4.78 is 0. The molecule has 1 aromatic rings. The molecule has 0 aromatic carbocycles. The minimum absolute atomic E-state index is 0.864. The summed E-state index contributed by atoms with van der Waals surface area (Å²) in [6.45, 7) is 8.29. The molecule has 26 heavy (non-hydrogen) atoms. The van der Waals surface area contributed by atoms with Gasteiger partial charge in [0.25, 0.3) is 0 Å². The van der Waals surface area contributed by atoms with Crippen LogP contribution in [-0.4, -0.2) is 69.2 Å². The molecule has 3 rings (SSSR count). The van der Waals surface area contributed by atoms with Crippen LogP contribution in [0, 0.1) is 5.92 Å². The summed E-state index contributed by atoms with van der Waals surface area (Å²) in [6, 6.07) is 7.07. The van der Waals surface area contributed by atoms with Gasteiger partial charge in [0, 0.05) is 45.0 Å². The van der Waals surface area contributed by atoms with Crippen LogP contribution < -0.4 is 0 Å². The first-order chi connectivity index (χ1) is 12.5. The number of rotatable bonds is 3. The molecule has 0 bridgehead atoms. The summed E-state index contributed by atoms with van der Waals surface area (Å²) in [5.41, 5.74) is 1.20. The van der Waals surface area contributed by atoms with Gasteiger partial charge in [0.2, 0.25) is 0 Å². The lowest BCUT2D eigenvalue weighted by atomic mass is 9.86. The summed E-state index contributed by atoms with van der Waals surface area (Å²) in [5, 5.41) is 14.8. The van der Waals surface area contributed by atoms with Crippen LogP contribution in [0.25, 0.3) is 0 Å². The Bertz CT molecular complexity index is 553. The highest BCUT2D eigenvalue weighted by atomic mass is 16.4. The molecule has 0 atom stereocenters. The number of pyridine rings is 1. The van der Waals surface area contributed by atoms with Crippen molar-refractivity contribution in [1.29, 1.82) is 0 Å². The van der Waals surface area contributed by atoms with E-state index in [-0.39, 0.29) is 0 Å². The molecule has 1 saturated heterocycles. The van der Waals surface area contributed by atoms with Gasteiger partial charge in [0.05, 0.1) is 5.69 Å². The summed E-state index contributed by atoms with van der Waals surface area (Å²) in [5.74, 6) is -2.69. The average Bonchev–Trinajstić information content (AvgIpc) is 2.64. The Kier molecular flexibility index (Phi) is 8.00. The normalized spacial score (nSPS) is 24.3. The number of carboxylic acids is 2. The minimum Gasteiger partial charge on any atom is -0.473 e. The second-order valence-corrected chi connectivity index (χ2v) is 7.16. The second-order valence-electron chi connectivity index (χ2n) is 7.16. The molecule has 1 aromatic heterocycles. The summed E-state index contributed by atoms with van der Waals surface area (Å²) in [7, 11) is 0. The van der Waals surface area contributed by atoms with Crippen LogP contribution >= 0.6 is 0 Å². The van der Waals surface area contributed by atoms with E-state index in [0.29, 0.717) is 0 Å². The van der Waals surface area contributed by atoms with E-state index in [1.54, 1.807) is 0 Å². The highest BCUT2D eigenvalue weighted by Gasteiger charge is 2.26. The van der Waals surface area contributed by atoms with Gasteiger partial charge < -0.3 is 10.2 Å². The van der Waals surface area contributed by atoms with Crippen molar-refractivity contribution in [2.24, 2.45) is 5.92 Å². The van der Waals surface area contributed by atoms with Crippen molar-refractivity contribution in [3.8, 4) is 0 Å². The smallest absolute Gasteiger partial charge is 0.414 e. The summed E-state index contributed by atoms with van der Waals surface area (Å²) in [6.07, 6.45) is 7.59. The van der Waals surface area contributed by atoms with Gasteiger partial charge >= 0.3 is 11.9 Å². The van der Waals surface area contributed by atoms with Crippen LogP contribution in [0.4, 0.5) is 0 Å². The number of nitrogens with zero attached hydrogens (tertiary/aromatic N) is 3. The van der Waals surface area contributed by atoms with Gasteiger partial charge in [-0.3, -0.25) is 14.8 Å². The van der Waals surface area contributed by atoms with Gasteiger partial charge in [-0.25, -0.2) is 9.59 Å². The molecule has 0 unspecified atom stereocenters. The van der Waals surface area contributed by atoms with Crippen molar-refractivity contribution in [2.45, 2.75) is 45.2 Å². The first kappa shape index (κ1) is 20.3. The van der Waals surface area contributed by atoms with Gasteiger partial charge in [0.1, 0.15) is 0 Å². The molecule has 1 saturated carbocycles. The fourth-order valence-corrected chi connectivity index (χ4v) is 3.61. The zero-order chi connectivity index (χ0) is 18.9. The lowest BCUT2D eigenvalue weighted by Crippen LogP contribution is -2.50. The molecule has 2 N–H and O–H groups in total. The fourth-order valence-electron chi connectivity index (χ4n) is 3.61. The van der Waals surface area contributed by atoms with E-state index < -0.39 is 11.9 Å². The van der Waals surface area contributed by atoms with E-state index in [4.69, 9.17) is 19.8 Å². The first-order valence-electron chi connectivity index (χ1n) is 9.28. The Hall–Kier alpha value is -1.99. The van der Waals surface area contributed by atoms with Crippen molar-refractivity contribution < 1.29 is 19.8 Å². The monoisotopic (exact) mass is 363 g/mol. The van der Waals surface area contributed by atoms with Gasteiger partial charge in [-0.2, -0.15) is 0 Å². The molecule has 7 nitrogen and oxygen atoms in total. The van der Waals surface area contributed by atoms with Gasteiger partial charge in [-0.05, 0) is 43.7 Å². The topological polar surface area (TPSA) is 94.0 Å².